The first-order valence-corrected chi connectivity index (χ1v) is 10.3. The van der Waals surface area contributed by atoms with E-state index in [2.05, 4.69) is 29.0 Å². The molecule has 1 aromatic carbocycles. The molecule has 1 fully saturated rings. The highest BCUT2D eigenvalue weighted by Gasteiger charge is 2.42. The average Bonchev–Trinajstić information content (AvgIpc) is 3.33. The summed E-state index contributed by atoms with van der Waals surface area (Å²) >= 11 is 11.9. The van der Waals surface area contributed by atoms with Gasteiger partial charge in [-0.3, -0.25) is 4.98 Å². The number of thiocarbonyl (C=S) groups is 1. The van der Waals surface area contributed by atoms with E-state index in [1.807, 2.05) is 24.3 Å². The van der Waals surface area contributed by atoms with E-state index in [-0.39, 0.29) is 23.7 Å². The number of carbonyl (C=O) groups is 1. The Morgan fingerprint density at radius 2 is 2.07 bits per heavy atom. The van der Waals surface area contributed by atoms with E-state index in [0.29, 0.717) is 27.2 Å². The van der Waals surface area contributed by atoms with Gasteiger partial charge >= 0.3 is 5.97 Å². The van der Waals surface area contributed by atoms with Gasteiger partial charge in [-0.2, -0.15) is 0 Å². The molecule has 2 aromatic heterocycles. The summed E-state index contributed by atoms with van der Waals surface area (Å²) in [7, 11) is 0. The van der Waals surface area contributed by atoms with Gasteiger partial charge in [0.1, 0.15) is 17.6 Å². The standard InChI is InChI=1S/C22H20ClN3O3S/c1-12(2)26-20(19(25-22(26)30)16-5-3-4-10-24-16)18-9-8-17(29-18)14-11-13(21(27)28)6-7-15(14)23/h3-12,19-20H,1-2H3,(H,25,30)(H,27,28)/t19-,20-/m1/s1. The summed E-state index contributed by atoms with van der Waals surface area (Å²) in [6.07, 6.45) is 1.75. The number of furan rings is 1. The molecule has 2 atom stereocenters. The van der Waals surface area contributed by atoms with Gasteiger partial charge in [0.25, 0.3) is 0 Å². The number of benzene rings is 1. The van der Waals surface area contributed by atoms with Gasteiger partial charge in [-0.1, -0.05) is 17.7 Å². The minimum Gasteiger partial charge on any atom is -0.478 e. The first-order chi connectivity index (χ1) is 14.4. The predicted octanol–water partition coefficient (Wildman–Crippen LogP) is 5.07. The molecule has 1 aliphatic rings. The van der Waals surface area contributed by atoms with E-state index in [9.17, 15) is 9.90 Å². The lowest BCUT2D eigenvalue weighted by Crippen LogP contribution is -2.35. The zero-order valence-electron chi connectivity index (χ0n) is 16.4. The Labute approximate surface area is 184 Å². The minimum atomic E-state index is -1.02. The number of aromatic nitrogens is 1. The number of carboxylic acids is 1. The summed E-state index contributed by atoms with van der Waals surface area (Å²) in [5.74, 6) is 0.170. The molecule has 4 rings (SSSR count). The second kappa shape index (κ2) is 8.08. The number of pyridine rings is 1. The molecular formula is C22H20ClN3O3S. The minimum absolute atomic E-state index is 0.135. The summed E-state index contributed by atoms with van der Waals surface area (Å²) in [4.78, 5) is 17.9. The molecule has 3 heterocycles. The third-order valence-corrected chi connectivity index (χ3v) is 5.75. The topological polar surface area (TPSA) is 78.6 Å². The fraction of sp³-hybridized carbons (Fsp3) is 0.227. The molecule has 0 spiro atoms. The SMILES string of the molecule is CC(C)N1C(=S)N[C@H](c2ccccn2)[C@H]1c1ccc(-c2cc(C(=O)O)ccc2Cl)o1. The molecule has 0 unspecified atom stereocenters. The Morgan fingerprint density at radius 3 is 2.73 bits per heavy atom. The molecule has 6 nitrogen and oxygen atoms in total. The van der Waals surface area contributed by atoms with Crippen LogP contribution < -0.4 is 5.32 Å². The molecule has 2 N–H and O–H groups in total. The predicted molar refractivity (Wildman–Crippen MR) is 119 cm³/mol. The number of aromatic carboxylic acids is 1. The summed E-state index contributed by atoms with van der Waals surface area (Å²) in [6.45, 7) is 4.14. The van der Waals surface area contributed by atoms with Gasteiger partial charge in [0.15, 0.2) is 5.11 Å². The number of hydrogen-bond acceptors (Lipinski definition) is 4. The van der Waals surface area contributed by atoms with Crippen LogP contribution in [0.2, 0.25) is 5.02 Å². The van der Waals surface area contributed by atoms with E-state index in [1.54, 1.807) is 18.3 Å². The maximum absolute atomic E-state index is 11.4. The van der Waals surface area contributed by atoms with Gasteiger partial charge in [0, 0.05) is 17.8 Å². The first kappa shape index (κ1) is 20.4. The zero-order chi connectivity index (χ0) is 21.4. The van der Waals surface area contributed by atoms with Crippen LogP contribution in [0.4, 0.5) is 0 Å². The molecule has 0 aliphatic carbocycles. The number of halogens is 1. The number of nitrogens with zero attached hydrogens (tertiary/aromatic N) is 2. The van der Waals surface area contributed by atoms with Crippen LogP contribution in [0.25, 0.3) is 11.3 Å². The van der Waals surface area contributed by atoms with E-state index >= 15 is 0 Å². The molecule has 8 heteroatoms. The van der Waals surface area contributed by atoms with Crippen LogP contribution in [0, 0.1) is 0 Å². The Morgan fingerprint density at radius 1 is 1.27 bits per heavy atom. The van der Waals surface area contributed by atoms with Crippen molar-refractivity contribution < 1.29 is 14.3 Å². The summed E-state index contributed by atoms with van der Waals surface area (Å²) in [6, 6.07) is 13.7. The highest BCUT2D eigenvalue weighted by molar-refractivity contribution is 7.80. The Bertz CT molecular complexity index is 1100. The van der Waals surface area contributed by atoms with Gasteiger partial charge in [-0.05, 0) is 68.5 Å². The highest BCUT2D eigenvalue weighted by atomic mass is 35.5. The van der Waals surface area contributed by atoms with Crippen LogP contribution in [-0.2, 0) is 0 Å². The van der Waals surface area contributed by atoms with Crippen molar-refractivity contribution in [3.05, 3.63) is 76.8 Å². The molecule has 3 aromatic rings. The fourth-order valence-corrected chi connectivity index (χ4v) is 4.39. The largest absolute Gasteiger partial charge is 0.478 e. The van der Waals surface area contributed by atoms with Crippen LogP contribution in [0.1, 0.15) is 47.7 Å². The van der Waals surface area contributed by atoms with Crippen LogP contribution in [0.15, 0.2) is 59.1 Å². The smallest absolute Gasteiger partial charge is 0.335 e. The normalized spacial score (nSPS) is 18.7. The Kier molecular flexibility index (Phi) is 5.49. The zero-order valence-corrected chi connectivity index (χ0v) is 17.9. The van der Waals surface area contributed by atoms with Crippen LogP contribution in [0.3, 0.4) is 0 Å². The molecule has 1 saturated heterocycles. The van der Waals surface area contributed by atoms with E-state index in [4.69, 9.17) is 28.2 Å². The van der Waals surface area contributed by atoms with E-state index in [0.717, 1.165) is 5.69 Å². The Balaban J connectivity index is 1.77. The van der Waals surface area contributed by atoms with Gasteiger partial charge in [0.2, 0.25) is 0 Å². The summed E-state index contributed by atoms with van der Waals surface area (Å²) in [5, 5.41) is 13.7. The van der Waals surface area contributed by atoms with Crippen LogP contribution >= 0.6 is 23.8 Å². The van der Waals surface area contributed by atoms with Gasteiger partial charge in [-0.15, -0.1) is 0 Å². The lowest BCUT2D eigenvalue weighted by atomic mass is 10.0. The number of rotatable bonds is 5. The van der Waals surface area contributed by atoms with Crippen LogP contribution in [-0.4, -0.2) is 32.1 Å². The molecule has 0 bridgehead atoms. The van der Waals surface area contributed by atoms with Crippen molar-refractivity contribution in [1.82, 2.24) is 15.2 Å². The number of hydrogen-bond donors (Lipinski definition) is 2. The number of carboxylic acid groups (broad SMARTS) is 1. The molecule has 0 amide bonds. The molecule has 30 heavy (non-hydrogen) atoms. The lowest BCUT2D eigenvalue weighted by Gasteiger charge is -2.29. The third kappa shape index (κ3) is 3.66. The van der Waals surface area contributed by atoms with Gasteiger partial charge in [0.05, 0.1) is 22.3 Å². The number of nitrogens with one attached hydrogen (secondary N) is 1. The fourth-order valence-electron chi connectivity index (χ4n) is 3.73. The van der Waals surface area contributed by atoms with Crippen molar-refractivity contribution in [1.29, 1.82) is 0 Å². The molecule has 0 saturated carbocycles. The third-order valence-electron chi connectivity index (χ3n) is 5.09. The maximum Gasteiger partial charge on any atom is 0.335 e. The lowest BCUT2D eigenvalue weighted by molar-refractivity contribution is 0.0697. The van der Waals surface area contributed by atoms with Crippen molar-refractivity contribution in [2.45, 2.75) is 32.0 Å². The summed E-state index contributed by atoms with van der Waals surface area (Å²) < 4.78 is 6.20. The maximum atomic E-state index is 11.4. The van der Waals surface area contributed by atoms with Gasteiger partial charge < -0.3 is 19.7 Å². The van der Waals surface area contributed by atoms with Crippen molar-refractivity contribution in [2.24, 2.45) is 0 Å². The average molecular weight is 442 g/mol. The van der Waals surface area contributed by atoms with Crippen LogP contribution in [0.5, 0.6) is 0 Å². The van der Waals surface area contributed by atoms with E-state index in [1.165, 1.54) is 12.1 Å². The van der Waals surface area contributed by atoms with E-state index < -0.39 is 5.97 Å². The van der Waals surface area contributed by atoms with Crippen molar-refractivity contribution in [3.8, 4) is 11.3 Å². The van der Waals surface area contributed by atoms with Crippen molar-refractivity contribution in [2.75, 3.05) is 0 Å². The van der Waals surface area contributed by atoms with Gasteiger partial charge in [-0.25, -0.2) is 4.79 Å². The Hall–Kier alpha value is -2.90. The quantitative estimate of drug-likeness (QED) is 0.535. The highest BCUT2D eigenvalue weighted by Crippen LogP contribution is 2.42. The second-order valence-corrected chi connectivity index (χ2v) is 8.12. The first-order valence-electron chi connectivity index (χ1n) is 9.49. The molecule has 154 valence electrons. The van der Waals surface area contributed by atoms with Crippen molar-refractivity contribution in [3.63, 3.8) is 0 Å². The summed E-state index contributed by atoms with van der Waals surface area (Å²) in [5.41, 5.74) is 1.53. The monoisotopic (exact) mass is 441 g/mol. The molecule has 0 radical (unpaired) electrons. The molecular weight excluding hydrogens is 422 g/mol. The molecule has 1 aliphatic heterocycles. The second-order valence-electron chi connectivity index (χ2n) is 7.33. The van der Waals surface area contributed by atoms with Crippen molar-refractivity contribution >= 4 is 34.9 Å².